The van der Waals surface area contributed by atoms with Crippen molar-refractivity contribution in [3.05, 3.63) is 24.3 Å². The fourth-order valence-corrected chi connectivity index (χ4v) is 0.415. The number of carboxylic acid groups (broad SMARTS) is 2. The molecule has 8 nitrogen and oxygen atoms in total. The van der Waals surface area contributed by atoms with Gasteiger partial charge in [-0.05, 0) is 0 Å². The van der Waals surface area contributed by atoms with Crippen molar-refractivity contribution in [1.82, 2.24) is 0 Å². The minimum Gasteiger partial charge on any atom is -0.478 e. The molecule has 0 aromatic rings. The summed E-state index contributed by atoms with van der Waals surface area (Å²) in [6.45, 7) is 0. The molecule has 0 aliphatic rings. The van der Waals surface area contributed by atoms with Crippen LogP contribution in [0.1, 0.15) is 0 Å². The first-order chi connectivity index (χ1) is 8.33. The summed E-state index contributed by atoms with van der Waals surface area (Å²) in [5.41, 5.74) is 0. The Bertz CT molecular complexity index is 332. The van der Waals surface area contributed by atoms with E-state index in [1.807, 2.05) is 0 Å². The van der Waals surface area contributed by atoms with Crippen LogP contribution in [-0.4, -0.2) is 48.3 Å². The minimum absolute atomic E-state index is 0.558. The van der Waals surface area contributed by atoms with Crippen LogP contribution in [0.5, 0.6) is 0 Å². The highest BCUT2D eigenvalue weighted by Crippen LogP contribution is 1.80. The van der Waals surface area contributed by atoms with Crippen molar-refractivity contribution in [3.63, 3.8) is 0 Å². The molecule has 0 fully saturated rings. The van der Waals surface area contributed by atoms with E-state index in [0.29, 0.717) is 12.2 Å². The highest BCUT2D eigenvalue weighted by Gasteiger charge is 1.94. The molecule has 0 aliphatic heterocycles. The maximum absolute atomic E-state index is 10.3. The summed E-state index contributed by atoms with van der Waals surface area (Å²) in [7, 11) is 2.45. The quantitative estimate of drug-likeness (QED) is 0.516. The Balaban J connectivity index is 0. The van der Waals surface area contributed by atoms with Crippen LogP contribution < -0.4 is 0 Å². The van der Waals surface area contributed by atoms with Gasteiger partial charge >= 0.3 is 23.9 Å². The molecule has 0 atom stereocenters. The van der Waals surface area contributed by atoms with E-state index in [1.165, 1.54) is 14.2 Å². The monoisotopic (exact) mass is 260 g/mol. The summed E-state index contributed by atoms with van der Waals surface area (Å²) >= 11 is 0. The molecule has 0 spiro atoms. The Labute approximate surface area is 102 Å². The van der Waals surface area contributed by atoms with E-state index in [0.717, 1.165) is 12.2 Å². The van der Waals surface area contributed by atoms with E-state index in [9.17, 15) is 19.2 Å². The van der Waals surface area contributed by atoms with Crippen molar-refractivity contribution >= 4 is 23.9 Å². The number of aliphatic carboxylic acids is 2. The molecule has 8 heteroatoms. The molecule has 0 amide bonds. The summed E-state index contributed by atoms with van der Waals surface area (Å²) in [6, 6.07) is 0. The van der Waals surface area contributed by atoms with Gasteiger partial charge in [0.25, 0.3) is 0 Å². The van der Waals surface area contributed by atoms with Crippen molar-refractivity contribution in [2.45, 2.75) is 0 Å². The van der Waals surface area contributed by atoms with Gasteiger partial charge in [0, 0.05) is 24.3 Å². The van der Waals surface area contributed by atoms with Crippen LogP contribution in [0.2, 0.25) is 0 Å². The van der Waals surface area contributed by atoms with Gasteiger partial charge in [-0.3, -0.25) is 0 Å². The van der Waals surface area contributed by atoms with Crippen LogP contribution in [-0.2, 0) is 28.7 Å². The number of rotatable bonds is 4. The molecule has 0 aromatic carbocycles. The van der Waals surface area contributed by atoms with Gasteiger partial charge in [-0.25, -0.2) is 19.2 Å². The second kappa shape index (κ2) is 10.9. The van der Waals surface area contributed by atoms with Gasteiger partial charge in [0.1, 0.15) is 0 Å². The van der Waals surface area contributed by atoms with E-state index >= 15 is 0 Å². The number of methoxy groups -OCH3 is 2. The van der Waals surface area contributed by atoms with E-state index < -0.39 is 23.9 Å². The van der Waals surface area contributed by atoms with E-state index in [-0.39, 0.29) is 0 Å². The molecular formula is C10H12O8. The lowest BCUT2D eigenvalue weighted by Gasteiger charge is -1.89. The molecule has 0 aliphatic carbocycles. The summed E-state index contributed by atoms with van der Waals surface area (Å²) in [5.74, 6) is -3.67. The largest absolute Gasteiger partial charge is 0.478 e. The summed E-state index contributed by atoms with van der Waals surface area (Å²) in [5, 5.41) is 15.6. The van der Waals surface area contributed by atoms with Crippen LogP contribution in [0.3, 0.4) is 0 Å². The van der Waals surface area contributed by atoms with Crippen LogP contribution in [0.4, 0.5) is 0 Å². The molecule has 0 bridgehead atoms. The van der Waals surface area contributed by atoms with Crippen LogP contribution in [0.25, 0.3) is 0 Å². The third-order valence-corrected chi connectivity index (χ3v) is 1.13. The van der Waals surface area contributed by atoms with Crippen LogP contribution in [0, 0.1) is 0 Å². The van der Waals surface area contributed by atoms with Crippen molar-refractivity contribution in [2.24, 2.45) is 0 Å². The number of carboxylic acids is 2. The number of esters is 2. The van der Waals surface area contributed by atoms with Crippen molar-refractivity contribution < 1.29 is 38.9 Å². The van der Waals surface area contributed by atoms with Gasteiger partial charge in [-0.1, -0.05) is 0 Å². The van der Waals surface area contributed by atoms with E-state index in [1.54, 1.807) is 0 Å². The number of hydrogen-bond donors (Lipinski definition) is 2. The average Bonchev–Trinajstić information content (AvgIpc) is 2.33. The Morgan fingerprint density at radius 3 is 1.17 bits per heavy atom. The molecule has 0 unspecified atom stereocenters. The van der Waals surface area contributed by atoms with Crippen LogP contribution >= 0.6 is 0 Å². The number of hydrogen-bond acceptors (Lipinski definition) is 6. The second-order valence-electron chi connectivity index (χ2n) is 2.39. The fourth-order valence-electron chi connectivity index (χ4n) is 0.415. The molecule has 2 N–H and O–H groups in total. The maximum atomic E-state index is 10.3. The van der Waals surface area contributed by atoms with Crippen molar-refractivity contribution in [2.75, 3.05) is 14.2 Å². The third-order valence-electron chi connectivity index (χ3n) is 1.13. The van der Waals surface area contributed by atoms with Gasteiger partial charge in [-0.15, -0.1) is 0 Å². The lowest BCUT2D eigenvalue weighted by molar-refractivity contribution is -0.137. The molecule has 0 saturated carbocycles. The first-order valence-corrected chi connectivity index (χ1v) is 4.31. The Kier molecular flexibility index (Phi) is 10.7. The summed E-state index contributed by atoms with van der Waals surface area (Å²) < 4.78 is 8.42. The lowest BCUT2D eigenvalue weighted by Crippen LogP contribution is -1.98. The van der Waals surface area contributed by atoms with Crippen LogP contribution in [0.15, 0.2) is 24.3 Å². The summed E-state index contributed by atoms with van der Waals surface area (Å²) in [4.78, 5) is 39.7. The average molecular weight is 260 g/mol. The molecule has 0 saturated heterocycles. The predicted octanol–water partition coefficient (Wildman–Crippen LogP) is -0.400. The normalized spacial score (nSPS) is 9.44. The Morgan fingerprint density at radius 1 is 0.722 bits per heavy atom. The first-order valence-electron chi connectivity index (χ1n) is 4.31. The second-order valence-corrected chi connectivity index (χ2v) is 2.39. The Hall–Kier alpha value is -2.64. The zero-order valence-corrected chi connectivity index (χ0v) is 9.65. The molecule has 100 valence electrons. The molecule has 0 rings (SSSR count). The summed E-state index contributed by atoms with van der Waals surface area (Å²) in [6.07, 6.45) is 3.10. The van der Waals surface area contributed by atoms with Gasteiger partial charge < -0.3 is 19.7 Å². The minimum atomic E-state index is -1.26. The number of carbonyl (C=O) groups excluding carboxylic acids is 2. The fraction of sp³-hybridized carbons (Fsp3) is 0.200. The third kappa shape index (κ3) is 15.8. The SMILES string of the molecule is COC(=O)/C=C\C(=O)OC.O=C(O)/C=C/C(=O)O. The molecular weight excluding hydrogens is 248 g/mol. The van der Waals surface area contributed by atoms with Gasteiger partial charge in [-0.2, -0.15) is 0 Å². The highest BCUT2D eigenvalue weighted by molar-refractivity contribution is 5.91. The number of ether oxygens (including phenoxy) is 2. The lowest BCUT2D eigenvalue weighted by atomic mass is 10.5. The standard InChI is InChI=1S/C6H8O4.C4H4O4/c1-9-5(7)3-4-6(8)10-2;5-3(6)1-2-4(7)8/h3-4H,1-2H3;1-2H,(H,5,6)(H,7,8)/b4-3-;2-1+. The van der Waals surface area contributed by atoms with Crippen molar-refractivity contribution in [3.8, 4) is 0 Å². The Morgan fingerprint density at radius 2 is 1.00 bits per heavy atom. The highest BCUT2D eigenvalue weighted by atomic mass is 16.5. The molecule has 0 aromatic heterocycles. The predicted molar refractivity (Wildman–Crippen MR) is 57.6 cm³/mol. The molecule has 0 heterocycles. The molecule has 18 heavy (non-hydrogen) atoms. The van der Waals surface area contributed by atoms with E-state index in [4.69, 9.17) is 10.2 Å². The van der Waals surface area contributed by atoms with Gasteiger partial charge in [0.15, 0.2) is 0 Å². The van der Waals surface area contributed by atoms with Crippen molar-refractivity contribution in [1.29, 1.82) is 0 Å². The zero-order chi connectivity index (χ0) is 14.6. The van der Waals surface area contributed by atoms with Gasteiger partial charge in [0.05, 0.1) is 14.2 Å². The maximum Gasteiger partial charge on any atom is 0.330 e. The first kappa shape index (κ1) is 17.7. The molecule has 0 radical (unpaired) electrons. The zero-order valence-electron chi connectivity index (χ0n) is 9.65. The number of carbonyl (C=O) groups is 4. The van der Waals surface area contributed by atoms with Gasteiger partial charge in [0.2, 0.25) is 0 Å². The van der Waals surface area contributed by atoms with E-state index in [2.05, 4.69) is 9.47 Å². The topological polar surface area (TPSA) is 127 Å². The smallest absolute Gasteiger partial charge is 0.330 e.